The van der Waals surface area contributed by atoms with Crippen LogP contribution in [0.25, 0.3) is 6.08 Å². The van der Waals surface area contributed by atoms with Gasteiger partial charge >= 0.3 is 6.03 Å². The first-order valence-electron chi connectivity index (χ1n) is 5.07. The average Bonchev–Trinajstić information content (AvgIpc) is 2.58. The fourth-order valence-electron chi connectivity index (χ4n) is 1.56. The van der Waals surface area contributed by atoms with Gasteiger partial charge in [0.1, 0.15) is 11.4 Å². The fourth-order valence-corrected chi connectivity index (χ4v) is 1.56. The van der Waals surface area contributed by atoms with Crippen molar-refractivity contribution in [1.29, 1.82) is 0 Å². The monoisotopic (exact) mass is 232 g/mol. The molecule has 0 saturated carbocycles. The lowest BCUT2D eigenvalue weighted by molar-refractivity contribution is -0.121. The standard InChI is InChI=1S/C12H12N2O3/c1-14-11(15)9(13-12(14)16)7-8-5-3-4-6-10(8)17-2/h3-7H,1-2H3,(H,13,16)/b9-7-. The lowest BCUT2D eigenvalue weighted by atomic mass is 10.1. The maximum absolute atomic E-state index is 11.7. The Morgan fingerprint density at radius 2 is 2.00 bits per heavy atom. The number of amides is 3. The number of benzene rings is 1. The largest absolute Gasteiger partial charge is 0.496 e. The first-order chi connectivity index (χ1) is 8.13. The highest BCUT2D eigenvalue weighted by atomic mass is 16.5. The lowest BCUT2D eigenvalue weighted by Crippen LogP contribution is -2.25. The van der Waals surface area contributed by atoms with Crippen molar-refractivity contribution < 1.29 is 14.3 Å². The molecular formula is C12H12N2O3. The molecule has 17 heavy (non-hydrogen) atoms. The van der Waals surface area contributed by atoms with E-state index in [9.17, 15) is 9.59 Å². The van der Waals surface area contributed by atoms with Crippen LogP contribution < -0.4 is 10.1 Å². The summed E-state index contributed by atoms with van der Waals surface area (Å²) < 4.78 is 5.16. The number of hydrogen-bond donors (Lipinski definition) is 1. The Morgan fingerprint density at radius 3 is 2.59 bits per heavy atom. The van der Waals surface area contributed by atoms with Gasteiger partial charge in [0, 0.05) is 12.6 Å². The summed E-state index contributed by atoms with van der Waals surface area (Å²) in [7, 11) is 2.99. The van der Waals surface area contributed by atoms with Gasteiger partial charge in [-0.25, -0.2) is 4.79 Å². The molecular weight excluding hydrogens is 220 g/mol. The normalized spacial score (nSPS) is 17.5. The van der Waals surface area contributed by atoms with Gasteiger partial charge in [-0.2, -0.15) is 0 Å². The van der Waals surface area contributed by atoms with E-state index in [4.69, 9.17) is 4.74 Å². The number of imide groups is 1. The zero-order valence-electron chi connectivity index (χ0n) is 9.56. The molecule has 0 bridgehead atoms. The molecule has 0 spiro atoms. The number of nitrogens with one attached hydrogen (secondary N) is 1. The van der Waals surface area contributed by atoms with Crippen molar-refractivity contribution in [3.05, 3.63) is 35.5 Å². The highest BCUT2D eigenvalue weighted by molar-refractivity contribution is 6.13. The van der Waals surface area contributed by atoms with Gasteiger partial charge in [-0.3, -0.25) is 9.69 Å². The molecule has 1 aliphatic rings. The second kappa shape index (κ2) is 4.29. The van der Waals surface area contributed by atoms with Gasteiger partial charge in [-0.15, -0.1) is 0 Å². The molecule has 1 fully saturated rings. The summed E-state index contributed by atoms with van der Waals surface area (Å²) in [5.74, 6) is 0.303. The van der Waals surface area contributed by atoms with Gasteiger partial charge in [0.2, 0.25) is 0 Å². The van der Waals surface area contributed by atoms with Crippen LogP contribution in [0.1, 0.15) is 5.56 Å². The minimum Gasteiger partial charge on any atom is -0.496 e. The van der Waals surface area contributed by atoms with Crippen molar-refractivity contribution in [2.75, 3.05) is 14.2 Å². The van der Waals surface area contributed by atoms with Crippen molar-refractivity contribution in [3.63, 3.8) is 0 Å². The molecule has 0 atom stereocenters. The molecule has 5 heteroatoms. The Hall–Kier alpha value is -2.30. The maximum atomic E-state index is 11.7. The van der Waals surface area contributed by atoms with Crippen LogP contribution in [0, 0.1) is 0 Å². The molecule has 0 unspecified atom stereocenters. The van der Waals surface area contributed by atoms with E-state index < -0.39 is 6.03 Å². The number of urea groups is 1. The minimum absolute atomic E-state index is 0.252. The Morgan fingerprint density at radius 1 is 1.29 bits per heavy atom. The molecule has 0 radical (unpaired) electrons. The third-order valence-electron chi connectivity index (χ3n) is 2.52. The molecule has 0 aliphatic carbocycles. The van der Waals surface area contributed by atoms with Crippen LogP contribution in [0.5, 0.6) is 5.75 Å². The topological polar surface area (TPSA) is 58.6 Å². The van der Waals surface area contributed by atoms with Crippen molar-refractivity contribution in [1.82, 2.24) is 10.2 Å². The highest BCUT2D eigenvalue weighted by Crippen LogP contribution is 2.21. The number of para-hydroxylation sites is 1. The van der Waals surface area contributed by atoms with Crippen molar-refractivity contribution in [2.45, 2.75) is 0 Å². The van der Waals surface area contributed by atoms with Gasteiger partial charge in [-0.05, 0) is 12.1 Å². The third-order valence-corrected chi connectivity index (χ3v) is 2.52. The molecule has 5 nitrogen and oxygen atoms in total. The first kappa shape index (κ1) is 11.2. The Labute approximate surface area is 98.7 Å². The number of ether oxygens (including phenoxy) is 1. The molecule has 1 aromatic rings. The summed E-state index contributed by atoms with van der Waals surface area (Å²) in [4.78, 5) is 23.9. The summed E-state index contributed by atoms with van der Waals surface area (Å²) in [5, 5.41) is 2.50. The van der Waals surface area contributed by atoms with E-state index in [1.807, 2.05) is 18.2 Å². The van der Waals surface area contributed by atoms with E-state index in [1.165, 1.54) is 7.05 Å². The van der Waals surface area contributed by atoms with Crippen LogP contribution in [0.15, 0.2) is 30.0 Å². The number of hydrogen-bond acceptors (Lipinski definition) is 3. The molecule has 3 amide bonds. The number of carbonyl (C=O) groups excluding carboxylic acids is 2. The molecule has 1 N–H and O–H groups in total. The van der Waals surface area contributed by atoms with Crippen molar-refractivity contribution in [3.8, 4) is 5.75 Å². The minimum atomic E-state index is -0.420. The van der Waals surface area contributed by atoms with Crippen LogP contribution >= 0.6 is 0 Å². The molecule has 88 valence electrons. The van der Waals surface area contributed by atoms with Crippen LogP contribution in [-0.2, 0) is 4.79 Å². The summed E-state index contributed by atoms with van der Waals surface area (Å²) in [6.45, 7) is 0. The Kier molecular flexibility index (Phi) is 2.82. The predicted octanol–water partition coefficient (Wildman–Crippen LogP) is 1.22. The number of rotatable bonds is 2. The van der Waals surface area contributed by atoms with Crippen molar-refractivity contribution in [2.24, 2.45) is 0 Å². The zero-order valence-corrected chi connectivity index (χ0v) is 9.56. The van der Waals surface area contributed by atoms with Crippen LogP contribution in [0.3, 0.4) is 0 Å². The molecule has 1 heterocycles. The van der Waals surface area contributed by atoms with Gasteiger partial charge in [-0.1, -0.05) is 18.2 Å². The number of likely N-dealkylation sites (N-methyl/N-ethyl adjacent to an activating group) is 1. The van der Waals surface area contributed by atoms with Gasteiger partial charge < -0.3 is 10.1 Å². The molecule has 1 aliphatic heterocycles. The number of methoxy groups -OCH3 is 1. The molecule has 0 aromatic heterocycles. The van der Waals surface area contributed by atoms with E-state index in [-0.39, 0.29) is 11.6 Å². The van der Waals surface area contributed by atoms with E-state index in [0.29, 0.717) is 5.75 Å². The predicted molar refractivity (Wildman–Crippen MR) is 62.3 cm³/mol. The summed E-state index contributed by atoms with van der Waals surface area (Å²) in [6, 6.07) is 6.85. The van der Waals surface area contributed by atoms with Crippen LogP contribution in [0.4, 0.5) is 4.79 Å². The van der Waals surface area contributed by atoms with Gasteiger partial charge in [0.15, 0.2) is 0 Å². The van der Waals surface area contributed by atoms with Gasteiger partial charge in [0.25, 0.3) is 5.91 Å². The quantitative estimate of drug-likeness (QED) is 0.616. The second-order valence-electron chi connectivity index (χ2n) is 3.59. The smallest absolute Gasteiger partial charge is 0.328 e. The summed E-state index contributed by atoms with van der Waals surface area (Å²) >= 11 is 0. The highest BCUT2D eigenvalue weighted by Gasteiger charge is 2.30. The second-order valence-corrected chi connectivity index (χ2v) is 3.59. The van der Waals surface area contributed by atoms with Crippen LogP contribution in [-0.4, -0.2) is 31.0 Å². The summed E-state index contributed by atoms with van der Waals surface area (Å²) in [5.41, 5.74) is 0.996. The zero-order chi connectivity index (χ0) is 12.4. The third kappa shape index (κ3) is 1.99. The van der Waals surface area contributed by atoms with E-state index in [0.717, 1.165) is 10.5 Å². The molecule has 1 saturated heterocycles. The van der Waals surface area contributed by atoms with E-state index >= 15 is 0 Å². The Bertz CT molecular complexity index is 508. The molecule has 1 aromatic carbocycles. The van der Waals surface area contributed by atoms with Crippen LogP contribution in [0.2, 0.25) is 0 Å². The maximum Gasteiger partial charge on any atom is 0.328 e. The average molecular weight is 232 g/mol. The Balaban J connectivity index is 2.37. The SMILES string of the molecule is COc1ccccc1/C=C1\NC(=O)N(C)C1=O. The van der Waals surface area contributed by atoms with Gasteiger partial charge in [0.05, 0.1) is 7.11 Å². The lowest BCUT2D eigenvalue weighted by Gasteiger charge is -2.04. The molecule has 2 rings (SSSR count). The number of nitrogens with zero attached hydrogens (tertiary/aromatic N) is 1. The fraction of sp³-hybridized carbons (Fsp3) is 0.167. The van der Waals surface area contributed by atoms with E-state index in [1.54, 1.807) is 19.3 Å². The first-order valence-corrected chi connectivity index (χ1v) is 5.07. The number of carbonyl (C=O) groups is 2. The van der Waals surface area contributed by atoms with E-state index in [2.05, 4.69) is 5.32 Å². The van der Waals surface area contributed by atoms with Crippen molar-refractivity contribution >= 4 is 18.0 Å². The summed E-state index contributed by atoms with van der Waals surface area (Å²) in [6.07, 6.45) is 1.60.